The maximum absolute atomic E-state index is 12.0. The van der Waals surface area contributed by atoms with Crippen molar-refractivity contribution in [1.82, 2.24) is 15.5 Å². The van der Waals surface area contributed by atoms with Gasteiger partial charge in [-0.3, -0.25) is 9.59 Å². The van der Waals surface area contributed by atoms with Crippen molar-refractivity contribution < 1.29 is 18.8 Å². The summed E-state index contributed by atoms with van der Waals surface area (Å²) >= 11 is 0. The standard InChI is InChI=1S/C20H33N3O4/c1-20(2,3)19-22-17(27-23-19)12-9-13-18(25)26-14-16(24)21-15-10-7-5-4-6-8-11-15/h15H,4-14H2,1-3H3,(H,21,24). The molecule has 0 bridgehead atoms. The van der Waals surface area contributed by atoms with E-state index in [0.717, 1.165) is 25.7 Å². The zero-order valence-electron chi connectivity index (χ0n) is 16.9. The van der Waals surface area contributed by atoms with E-state index in [1.807, 2.05) is 20.8 Å². The fraction of sp³-hybridized carbons (Fsp3) is 0.800. The number of nitrogens with zero attached hydrogens (tertiary/aromatic N) is 2. The minimum Gasteiger partial charge on any atom is -0.456 e. The highest BCUT2D eigenvalue weighted by molar-refractivity contribution is 5.80. The van der Waals surface area contributed by atoms with Gasteiger partial charge in [0.2, 0.25) is 5.89 Å². The van der Waals surface area contributed by atoms with Gasteiger partial charge in [0.15, 0.2) is 12.4 Å². The maximum Gasteiger partial charge on any atom is 0.306 e. The summed E-state index contributed by atoms with van der Waals surface area (Å²) in [7, 11) is 0. The molecular weight excluding hydrogens is 346 g/mol. The van der Waals surface area contributed by atoms with E-state index in [-0.39, 0.29) is 36.4 Å². The first-order chi connectivity index (χ1) is 12.8. The van der Waals surface area contributed by atoms with E-state index in [1.165, 1.54) is 19.3 Å². The predicted octanol–water partition coefficient (Wildman–Crippen LogP) is 3.46. The summed E-state index contributed by atoms with van der Waals surface area (Å²) in [6, 6.07) is 0.214. The van der Waals surface area contributed by atoms with E-state index < -0.39 is 0 Å². The van der Waals surface area contributed by atoms with Crippen LogP contribution in [0.15, 0.2) is 4.52 Å². The van der Waals surface area contributed by atoms with Crippen molar-refractivity contribution in [2.45, 2.75) is 96.4 Å². The fourth-order valence-electron chi connectivity index (χ4n) is 3.13. The van der Waals surface area contributed by atoms with E-state index in [4.69, 9.17) is 9.26 Å². The molecule has 1 N–H and O–H groups in total. The molecule has 7 heteroatoms. The molecule has 1 fully saturated rings. The van der Waals surface area contributed by atoms with Gasteiger partial charge >= 0.3 is 5.97 Å². The van der Waals surface area contributed by atoms with E-state index in [1.54, 1.807) is 0 Å². The number of hydrogen-bond donors (Lipinski definition) is 1. The highest BCUT2D eigenvalue weighted by atomic mass is 16.5. The number of amides is 1. The molecule has 0 saturated heterocycles. The van der Waals surface area contributed by atoms with Crippen molar-refractivity contribution in [2.75, 3.05) is 6.61 Å². The molecule has 0 spiro atoms. The van der Waals surface area contributed by atoms with Crippen LogP contribution in [0.1, 0.15) is 90.3 Å². The smallest absolute Gasteiger partial charge is 0.306 e. The summed E-state index contributed by atoms with van der Waals surface area (Å²) in [6.45, 7) is 5.84. The predicted molar refractivity (Wildman–Crippen MR) is 101 cm³/mol. The van der Waals surface area contributed by atoms with E-state index >= 15 is 0 Å². The van der Waals surface area contributed by atoms with Crippen molar-refractivity contribution in [2.24, 2.45) is 0 Å². The van der Waals surface area contributed by atoms with Gasteiger partial charge in [0.1, 0.15) is 0 Å². The topological polar surface area (TPSA) is 94.3 Å². The lowest BCUT2D eigenvalue weighted by Gasteiger charge is -2.20. The normalized spacial score (nSPS) is 16.4. The molecule has 0 aromatic carbocycles. The summed E-state index contributed by atoms with van der Waals surface area (Å²) in [6.07, 6.45) is 9.39. The first-order valence-electron chi connectivity index (χ1n) is 10.1. The molecule has 1 aromatic rings. The Kier molecular flexibility index (Phi) is 8.25. The minimum absolute atomic E-state index is 0.162. The first-order valence-corrected chi connectivity index (χ1v) is 10.1. The number of hydrogen-bond acceptors (Lipinski definition) is 6. The Hall–Kier alpha value is -1.92. The zero-order chi connectivity index (χ0) is 19.7. The van der Waals surface area contributed by atoms with Crippen molar-refractivity contribution in [1.29, 1.82) is 0 Å². The van der Waals surface area contributed by atoms with Crippen LogP contribution in [-0.2, 0) is 26.2 Å². The Morgan fingerprint density at radius 3 is 2.44 bits per heavy atom. The Bertz CT molecular complexity index is 599. The molecule has 0 aliphatic heterocycles. The summed E-state index contributed by atoms with van der Waals surface area (Å²) < 4.78 is 10.3. The van der Waals surface area contributed by atoms with Crippen LogP contribution >= 0.6 is 0 Å². The van der Waals surface area contributed by atoms with Gasteiger partial charge in [-0.1, -0.05) is 58.0 Å². The molecule has 152 valence electrons. The highest BCUT2D eigenvalue weighted by Gasteiger charge is 2.21. The Morgan fingerprint density at radius 1 is 1.15 bits per heavy atom. The number of esters is 1. The molecule has 1 saturated carbocycles. The van der Waals surface area contributed by atoms with Crippen LogP contribution in [0.5, 0.6) is 0 Å². The van der Waals surface area contributed by atoms with Crippen molar-refractivity contribution in [3.63, 3.8) is 0 Å². The quantitative estimate of drug-likeness (QED) is 0.729. The van der Waals surface area contributed by atoms with Crippen LogP contribution < -0.4 is 5.32 Å². The first kappa shape index (κ1) is 21.4. The fourth-order valence-corrected chi connectivity index (χ4v) is 3.13. The number of ether oxygens (including phenoxy) is 1. The van der Waals surface area contributed by atoms with Crippen LogP contribution in [-0.4, -0.2) is 34.7 Å². The molecule has 1 aromatic heterocycles. The summed E-state index contributed by atoms with van der Waals surface area (Å²) in [5.74, 6) is 0.597. The molecule has 0 radical (unpaired) electrons. The Balaban J connectivity index is 1.61. The van der Waals surface area contributed by atoms with Crippen molar-refractivity contribution in [3.8, 4) is 0 Å². The van der Waals surface area contributed by atoms with Gasteiger partial charge < -0.3 is 14.6 Å². The highest BCUT2D eigenvalue weighted by Crippen LogP contribution is 2.19. The van der Waals surface area contributed by atoms with E-state index in [0.29, 0.717) is 24.6 Å². The molecule has 7 nitrogen and oxygen atoms in total. The lowest BCUT2D eigenvalue weighted by Crippen LogP contribution is -2.38. The average molecular weight is 380 g/mol. The maximum atomic E-state index is 12.0. The van der Waals surface area contributed by atoms with Gasteiger partial charge in [-0.2, -0.15) is 4.98 Å². The van der Waals surface area contributed by atoms with Gasteiger partial charge in [0, 0.05) is 24.3 Å². The summed E-state index contributed by atoms with van der Waals surface area (Å²) in [5, 5.41) is 6.95. The van der Waals surface area contributed by atoms with Crippen molar-refractivity contribution >= 4 is 11.9 Å². The van der Waals surface area contributed by atoms with Crippen LogP contribution in [0.25, 0.3) is 0 Å². The molecule has 1 aliphatic carbocycles. The second-order valence-corrected chi connectivity index (χ2v) is 8.39. The number of aromatic nitrogens is 2. The number of nitrogens with one attached hydrogen (secondary N) is 1. The number of aryl methyl sites for hydroxylation is 1. The Labute approximate surface area is 161 Å². The third-order valence-corrected chi connectivity index (χ3v) is 4.74. The minimum atomic E-state index is -0.377. The van der Waals surface area contributed by atoms with Crippen LogP contribution in [0, 0.1) is 0 Å². The van der Waals surface area contributed by atoms with Crippen LogP contribution in [0.4, 0.5) is 0 Å². The third kappa shape index (κ3) is 8.10. The van der Waals surface area contributed by atoms with Gasteiger partial charge in [0.05, 0.1) is 0 Å². The molecule has 1 amide bonds. The van der Waals surface area contributed by atoms with Crippen LogP contribution in [0.3, 0.4) is 0 Å². The lowest BCUT2D eigenvalue weighted by atomic mass is 9.96. The zero-order valence-corrected chi connectivity index (χ0v) is 16.9. The molecule has 1 aliphatic rings. The monoisotopic (exact) mass is 379 g/mol. The lowest BCUT2D eigenvalue weighted by molar-refractivity contribution is -0.148. The van der Waals surface area contributed by atoms with Gasteiger partial charge in [-0.25, -0.2) is 0 Å². The largest absolute Gasteiger partial charge is 0.456 e. The number of carbonyl (C=O) groups is 2. The molecule has 1 heterocycles. The molecule has 0 unspecified atom stereocenters. The molecule has 0 atom stereocenters. The molecule has 2 rings (SSSR count). The second kappa shape index (κ2) is 10.4. The average Bonchev–Trinajstić information content (AvgIpc) is 3.04. The SMILES string of the molecule is CC(C)(C)c1noc(CCCC(=O)OCC(=O)NC2CCCCCCC2)n1. The number of rotatable bonds is 7. The van der Waals surface area contributed by atoms with Gasteiger partial charge in [0.25, 0.3) is 5.91 Å². The third-order valence-electron chi connectivity index (χ3n) is 4.74. The van der Waals surface area contributed by atoms with Crippen LogP contribution in [0.2, 0.25) is 0 Å². The number of carbonyl (C=O) groups excluding carboxylic acids is 2. The van der Waals surface area contributed by atoms with Crippen molar-refractivity contribution in [3.05, 3.63) is 11.7 Å². The van der Waals surface area contributed by atoms with E-state index in [9.17, 15) is 9.59 Å². The van der Waals surface area contributed by atoms with Gasteiger partial charge in [-0.15, -0.1) is 0 Å². The summed E-state index contributed by atoms with van der Waals surface area (Å²) in [5.41, 5.74) is -0.162. The molecule has 27 heavy (non-hydrogen) atoms. The second-order valence-electron chi connectivity index (χ2n) is 8.39. The van der Waals surface area contributed by atoms with Gasteiger partial charge in [-0.05, 0) is 19.3 Å². The molecular formula is C20H33N3O4. The summed E-state index contributed by atoms with van der Waals surface area (Å²) in [4.78, 5) is 28.1. The Morgan fingerprint density at radius 2 is 1.81 bits per heavy atom. The van der Waals surface area contributed by atoms with E-state index in [2.05, 4.69) is 15.5 Å².